The van der Waals surface area contributed by atoms with Crippen molar-refractivity contribution in [2.75, 3.05) is 19.6 Å². The summed E-state index contributed by atoms with van der Waals surface area (Å²) in [6, 6.07) is -0.966. The summed E-state index contributed by atoms with van der Waals surface area (Å²) >= 11 is 0. The first kappa shape index (κ1) is 17.7. The number of primary amides is 1. The van der Waals surface area contributed by atoms with Crippen LogP contribution in [-0.2, 0) is 14.4 Å². The van der Waals surface area contributed by atoms with Crippen molar-refractivity contribution in [2.24, 2.45) is 17.1 Å². The second kappa shape index (κ2) is 6.45. The lowest BCUT2D eigenvalue weighted by Gasteiger charge is -2.54. The molecule has 23 heavy (non-hydrogen) atoms. The maximum absolute atomic E-state index is 12.5. The number of nitrogens with two attached hydrogens (primary N) is 1. The molecule has 3 amide bonds. The van der Waals surface area contributed by atoms with Crippen molar-refractivity contribution in [1.82, 2.24) is 15.3 Å². The summed E-state index contributed by atoms with van der Waals surface area (Å²) in [5.74, 6) is -0.943. The van der Waals surface area contributed by atoms with Gasteiger partial charge in [0, 0.05) is 25.6 Å². The highest BCUT2D eigenvalue weighted by Gasteiger charge is 2.56. The zero-order valence-electron chi connectivity index (χ0n) is 13.9. The number of hydrogen-bond acceptors (Lipinski definition) is 5. The lowest BCUT2D eigenvalue weighted by molar-refractivity contribution is -0.177. The summed E-state index contributed by atoms with van der Waals surface area (Å²) in [7, 11) is 0. The molecule has 2 aliphatic heterocycles. The fraction of sp³-hybridized carbons (Fsp3) is 0.800. The minimum atomic E-state index is -0.987. The van der Waals surface area contributed by atoms with Gasteiger partial charge in [-0.05, 0) is 19.8 Å². The molecule has 4 N–H and O–H groups in total. The van der Waals surface area contributed by atoms with Crippen LogP contribution in [0, 0.1) is 11.3 Å². The smallest absolute Gasteiger partial charge is 0.242 e. The Morgan fingerprint density at radius 2 is 1.83 bits per heavy atom. The highest BCUT2D eigenvalue weighted by atomic mass is 16.3. The van der Waals surface area contributed by atoms with E-state index in [1.165, 1.54) is 11.8 Å². The molecule has 8 heteroatoms. The fourth-order valence-electron chi connectivity index (χ4n) is 3.26. The van der Waals surface area contributed by atoms with Crippen molar-refractivity contribution in [2.45, 2.75) is 45.8 Å². The van der Waals surface area contributed by atoms with Gasteiger partial charge >= 0.3 is 0 Å². The molecule has 0 bridgehead atoms. The van der Waals surface area contributed by atoms with Crippen molar-refractivity contribution in [1.29, 1.82) is 0 Å². The van der Waals surface area contributed by atoms with Crippen LogP contribution >= 0.6 is 0 Å². The minimum Gasteiger partial charge on any atom is -0.391 e. The summed E-state index contributed by atoms with van der Waals surface area (Å²) in [5, 5.41) is 11.5. The molecule has 2 aliphatic rings. The first-order valence-corrected chi connectivity index (χ1v) is 8.02. The number of amides is 3. The molecule has 2 rings (SSSR count). The molecule has 1 spiro atoms. The summed E-state index contributed by atoms with van der Waals surface area (Å²) < 4.78 is 0. The highest BCUT2D eigenvalue weighted by molar-refractivity contribution is 5.94. The van der Waals surface area contributed by atoms with E-state index < -0.39 is 23.5 Å². The average Bonchev–Trinajstić information content (AvgIpc) is 2.47. The molecule has 130 valence electrons. The number of nitrogens with zero attached hydrogens (tertiary/aromatic N) is 2. The second-order valence-corrected chi connectivity index (χ2v) is 6.92. The molecule has 0 aromatic heterocycles. The zero-order valence-corrected chi connectivity index (χ0v) is 13.9. The number of piperidine rings is 1. The molecule has 8 nitrogen and oxygen atoms in total. The van der Waals surface area contributed by atoms with E-state index in [1.807, 2.05) is 18.9 Å². The quantitative estimate of drug-likeness (QED) is 0.551. The van der Waals surface area contributed by atoms with Crippen LogP contribution in [-0.4, -0.2) is 64.5 Å². The first-order chi connectivity index (χ1) is 10.7. The minimum absolute atomic E-state index is 0.0367. The molecule has 2 saturated heterocycles. The normalized spacial score (nSPS) is 23.5. The van der Waals surface area contributed by atoms with Gasteiger partial charge in [0.1, 0.15) is 6.04 Å². The van der Waals surface area contributed by atoms with Crippen LogP contribution < -0.4 is 11.2 Å². The number of rotatable bonds is 5. The summed E-state index contributed by atoms with van der Waals surface area (Å²) in [6.45, 7) is 6.72. The standard InChI is InChI=1S/C15H26N4O4/c1-9(2)13(22)17-18-6-4-15(5-7-18)8-19(14(15)23)11(10(3)20)12(16)21/h9-11,20H,4-8H2,1-3H3,(H2,16,21)(H,17,22)/t10-,11+/m1/s1. The van der Waals surface area contributed by atoms with Crippen molar-refractivity contribution in [3.8, 4) is 0 Å². The largest absolute Gasteiger partial charge is 0.391 e. The van der Waals surface area contributed by atoms with Gasteiger partial charge in [-0.15, -0.1) is 0 Å². The third-order valence-corrected chi connectivity index (χ3v) is 4.79. The molecule has 0 unspecified atom stereocenters. The van der Waals surface area contributed by atoms with Crippen LogP contribution in [0.15, 0.2) is 0 Å². The number of hydrazine groups is 1. The van der Waals surface area contributed by atoms with E-state index in [2.05, 4.69) is 5.43 Å². The van der Waals surface area contributed by atoms with Gasteiger partial charge in [0.15, 0.2) is 0 Å². The number of nitrogens with one attached hydrogen (secondary N) is 1. The van der Waals surface area contributed by atoms with Crippen LogP contribution in [0.25, 0.3) is 0 Å². The number of β-lactam (4-membered cyclic amide) rings is 1. The van der Waals surface area contributed by atoms with Gasteiger partial charge in [-0.2, -0.15) is 0 Å². The van der Waals surface area contributed by atoms with Gasteiger partial charge in [-0.1, -0.05) is 13.8 Å². The maximum Gasteiger partial charge on any atom is 0.242 e. The van der Waals surface area contributed by atoms with E-state index in [4.69, 9.17) is 5.73 Å². The monoisotopic (exact) mass is 326 g/mol. The van der Waals surface area contributed by atoms with E-state index in [0.717, 1.165) is 0 Å². The van der Waals surface area contributed by atoms with E-state index in [9.17, 15) is 19.5 Å². The number of hydrogen-bond donors (Lipinski definition) is 3. The number of likely N-dealkylation sites (tertiary alicyclic amines) is 1. The zero-order chi connectivity index (χ0) is 17.4. The molecule has 2 fully saturated rings. The number of carbonyl (C=O) groups is 3. The van der Waals surface area contributed by atoms with Crippen LogP contribution in [0.4, 0.5) is 0 Å². The number of aliphatic hydroxyl groups excluding tert-OH is 1. The molecule has 0 radical (unpaired) electrons. The van der Waals surface area contributed by atoms with E-state index in [0.29, 0.717) is 32.5 Å². The summed E-state index contributed by atoms with van der Waals surface area (Å²) in [6.07, 6.45) is 0.247. The number of carbonyl (C=O) groups excluding carboxylic acids is 3. The molecular weight excluding hydrogens is 300 g/mol. The maximum atomic E-state index is 12.5. The Hall–Kier alpha value is -1.67. The van der Waals surface area contributed by atoms with Gasteiger partial charge in [0.2, 0.25) is 17.7 Å². The third kappa shape index (κ3) is 3.32. The van der Waals surface area contributed by atoms with E-state index in [1.54, 1.807) is 0 Å². The Bertz CT molecular complexity index is 498. The molecule has 2 atom stereocenters. The Balaban J connectivity index is 1.92. The van der Waals surface area contributed by atoms with Crippen molar-refractivity contribution >= 4 is 17.7 Å². The SMILES string of the molecule is CC(C)C(=O)NN1CCC2(CC1)CN([C@H](C(N)=O)[C@@H](C)O)C2=O. The van der Waals surface area contributed by atoms with Gasteiger partial charge < -0.3 is 15.7 Å². The topological polar surface area (TPSA) is 116 Å². The van der Waals surface area contributed by atoms with Crippen LogP contribution in [0.5, 0.6) is 0 Å². The molecule has 0 aromatic rings. The molecule has 0 aliphatic carbocycles. The van der Waals surface area contributed by atoms with Crippen LogP contribution in [0.3, 0.4) is 0 Å². The summed E-state index contributed by atoms with van der Waals surface area (Å²) in [5.41, 5.74) is 7.65. The predicted molar refractivity (Wildman–Crippen MR) is 82.6 cm³/mol. The van der Waals surface area contributed by atoms with Crippen LogP contribution in [0.1, 0.15) is 33.6 Å². The van der Waals surface area contributed by atoms with Crippen LogP contribution in [0.2, 0.25) is 0 Å². The Kier molecular flexibility index (Phi) is 4.95. The Morgan fingerprint density at radius 3 is 2.22 bits per heavy atom. The van der Waals surface area contributed by atoms with E-state index in [-0.39, 0.29) is 17.7 Å². The molecule has 0 aromatic carbocycles. The average molecular weight is 326 g/mol. The third-order valence-electron chi connectivity index (χ3n) is 4.79. The molecule has 2 heterocycles. The van der Waals surface area contributed by atoms with Gasteiger partial charge in [0.05, 0.1) is 11.5 Å². The Morgan fingerprint density at radius 1 is 1.26 bits per heavy atom. The van der Waals surface area contributed by atoms with Crippen molar-refractivity contribution in [3.63, 3.8) is 0 Å². The number of aliphatic hydroxyl groups is 1. The predicted octanol–water partition coefficient (Wildman–Crippen LogP) is -1.17. The highest BCUT2D eigenvalue weighted by Crippen LogP contribution is 2.42. The second-order valence-electron chi connectivity index (χ2n) is 6.92. The molecule has 0 saturated carbocycles. The van der Waals surface area contributed by atoms with Gasteiger partial charge in [-0.3, -0.25) is 19.8 Å². The van der Waals surface area contributed by atoms with Crippen molar-refractivity contribution in [3.05, 3.63) is 0 Å². The van der Waals surface area contributed by atoms with E-state index >= 15 is 0 Å². The first-order valence-electron chi connectivity index (χ1n) is 8.02. The van der Waals surface area contributed by atoms with Gasteiger partial charge in [0.25, 0.3) is 0 Å². The van der Waals surface area contributed by atoms with Crippen molar-refractivity contribution < 1.29 is 19.5 Å². The van der Waals surface area contributed by atoms with Gasteiger partial charge in [-0.25, -0.2) is 5.01 Å². The summed E-state index contributed by atoms with van der Waals surface area (Å²) in [4.78, 5) is 37.0. The lowest BCUT2D eigenvalue weighted by Crippen LogP contribution is -2.71. The molecular formula is C15H26N4O4. The Labute approximate surface area is 135 Å². The lowest BCUT2D eigenvalue weighted by atomic mass is 9.70. The fourth-order valence-corrected chi connectivity index (χ4v) is 3.26.